The summed E-state index contributed by atoms with van der Waals surface area (Å²) in [4.78, 5) is 0. The molecule has 1 nitrogen and oxygen atoms in total. The van der Waals surface area contributed by atoms with Gasteiger partial charge < -0.3 is 4.74 Å². The fourth-order valence-corrected chi connectivity index (χ4v) is 7.38. The van der Waals surface area contributed by atoms with Gasteiger partial charge in [-0.15, -0.1) is 0 Å². The second kappa shape index (κ2) is 9.54. The molecule has 0 aromatic heterocycles. The van der Waals surface area contributed by atoms with Gasteiger partial charge in [-0.3, -0.25) is 0 Å². The molecule has 0 amide bonds. The summed E-state index contributed by atoms with van der Waals surface area (Å²) in [7, 11) is 0.643. The summed E-state index contributed by atoms with van der Waals surface area (Å²) >= 11 is 0. The molecule has 22 heavy (non-hydrogen) atoms. The summed E-state index contributed by atoms with van der Waals surface area (Å²) in [6, 6.07) is 22.0. The molecule has 1 aliphatic heterocycles. The van der Waals surface area contributed by atoms with Gasteiger partial charge in [-0.1, -0.05) is 71.0 Å². The number of rotatable bonds is 3. The van der Waals surface area contributed by atoms with Crippen LogP contribution in [-0.2, 0) is 52.7 Å². The van der Waals surface area contributed by atoms with Crippen LogP contribution in [0, 0.1) is 0 Å². The van der Waals surface area contributed by atoms with Crippen molar-refractivity contribution in [2.45, 2.75) is 25.0 Å². The van der Waals surface area contributed by atoms with E-state index >= 15 is 0 Å². The Morgan fingerprint density at radius 1 is 0.864 bits per heavy atom. The van der Waals surface area contributed by atoms with Crippen molar-refractivity contribution in [1.29, 1.82) is 0 Å². The van der Waals surface area contributed by atoms with Crippen LogP contribution in [0.2, 0.25) is 0 Å². The third-order valence-electron chi connectivity index (χ3n) is 4.57. The molecular formula is C17H21BOSiTiZr. The number of hydrogen-bond acceptors (Lipinski definition) is 1. The fourth-order valence-electron chi connectivity index (χ4n) is 3.30. The van der Waals surface area contributed by atoms with E-state index < -0.39 is 7.94 Å². The van der Waals surface area contributed by atoms with Gasteiger partial charge in [-0.05, 0) is 19.3 Å². The fraction of sp³-hybridized carbons (Fsp3) is 0.294. The zero-order valence-electron chi connectivity index (χ0n) is 13.1. The van der Waals surface area contributed by atoms with Crippen molar-refractivity contribution in [3.63, 3.8) is 0 Å². The third-order valence-corrected chi connectivity index (χ3v) is 9.38. The first kappa shape index (κ1) is 20.3. The largest absolute Gasteiger partial charge is 0.381 e. The van der Waals surface area contributed by atoms with Crippen LogP contribution in [0.4, 0.5) is 0 Å². The summed E-state index contributed by atoms with van der Waals surface area (Å²) in [6.45, 7) is 0.924. The molecule has 0 spiro atoms. The van der Waals surface area contributed by atoms with Gasteiger partial charge >= 0.3 is 0 Å². The van der Waals surface area contributed by atoms with Crippen LogP contribution in [0.15, 0.2) is 60.7 Å². The van der Waals surface area contributed by atoms with Gasteiger partial charge in [0.25, 0.3) is 0 Å². The van der Waals surface area contributed by atoms with E-state index in [1.807, 2.05) is 0 Å². The zero-order chi connectivity index (χ0) is 13.8. The molecule has 1 unspecified atom stereocenters. The molecular weight excluding hydrogens is 398 g/mol. The second-order valence-electron chi connectivity index (χ2n) is 5.79. The molecule has 0 bridgehead atoms. The Hall–Kier alpha value is 0.279. The van der Waals surface area contributed by atoms with Crippen LogP contribution in [0.3, 0.4) is 0 Å². The molecule has 1 saturated heterocycles. The van der Waals surface area contributed by atoms with E-state index in [2.05, 4.69) is 68.1 Å². The quantitative estimate of drug-likeness (QED) is 0.686. The Kier molecular flexibility index (Phi) is 8.82. The number of hydrogen-bond donors (Lipinski definition) is 0. The molecule has 0 radical (unpaired) electrons. The van der Waals surface area contributed by atoms with E-state index in [1.165, 1.54) is 29.6 Å². The van der Waals surface area contributed by atoms with E-state index in [1.54, 1.807) is 0 Å². The summed E-state index contributed by atoms with van der Waals surface area (Å²) in [5.41, 5.74) is 0.404. The number of benzene rings is 2. The van der Waals surface area contributed by atoms with Crippen molar-refractivity contribution in [2.75, 3.05) is 6.61 Å². The van der Waals surface area contributed by atoms with Crippen LogP contribution in [0.25, 0.3) is 0 Å². The van der Waals surface area contributed by atoms with Gasteiger partial charge in [0.2, 0.25) is 0 Å². The molecule has 0 aliphatic carbocycles. The molecule has 2 aromatic carbocycles. The average Bonchev–Trinajstić information content (AvgIpc) is 2.56. The van der Waals surface area contributed by atoms with Gasteiger partial charge in [0.05, 0.1) is 5.73 Å². The van der Waals surface area contributed by atoms with Crippen molar-refractivity contribution < 1.29 is 52.7 Å². The first-order chi connectivity index (χ1) is 9.82. The third kappa shape index (κ3) is 4.22. The van der Waals surface area contributed by atoms with Gasteiger partial charge in [0, 0.05) is 54.5 Å². The van der Waals surface area contributed by atoms with E-state index in [4.69, 9.17) is 4.74 Å². The minimum Gasteiger partial charge on any atom is -0.381 e. The zero-order valence-corrected chi connectivity index (χ0v) is 18.1. The van der Waals surface area contributed by atoms with Gasteiger partial charge in [-0.25, -0.2) is 0 Å². The molecule has 1 heterocycles. The van der Waals surface area contributed by atoms with Gasteiger partial charge in [0.1, 0.15) is 15.4 Å². The van der Waals surface area contributed by atoms with Crippen LogP contribution in [0.5, 0.6) is 0 Å². The first-order valence-corrected chi connectivity index (χ1v) is 10.1. The minimum absolute atomic E-state index is 0. The molecule has 1 aliphatic rings. The normalized spacial score (nSPS) is 17.9. The SMILES string of the molecule is B[Si](c1ccccc1)(c1ccccc1)C1CCCCO1.[Ti].[Zr]. The standard InChI is InChI=1S/C17H21BOSi.Ti.Zr/c18-20(15-9-3-1-4-10-15,16-11-5-2-6-12-16)17-13-7-8-14-19-17;;/h1-6,9-12,17H,7-8,13-14,18H2;;. The Labute approximate surface area is 169 Å². The average molecular weight is 419 g/mol. The van der Waals surface area contributed by atoms with Gasteiger partial charge in [-0.2, -0.15) is 0 Å². The van der Waals surface area contributed by atoms with Crippen molar-refractivity contribution >= 4 is 25.8 Å². The minimum atomic E-state index is -1.82. The van der Waals surface area contributed by atoms with Crippen molar-refractivity contribution in [3.8, 4) is 0 Å². The first-order valence-electron chi connectivity index (χ1n) is 7.54. The molecule has 110 valence electrons. The molecule has 3 rings (SSSR count). The molecule has 1 atom stereocenters. The summed E-state index contributed by atoms with van der Waals surface area (Å²) in [5.74, 6) is 0. The Balaban J connectivity index is 0.00000121. The summed E-state index contributed by atoms with van der Waals surface area (Å²) < 4.78 is 6.21. The molecule has 1 fully saturated rings. The number of ether oxygens (including phenoxy) is 1. The molecule has 5 heteroatoms. The summed E-state index contributed by atoms with van der Waals surface area (Å²) in [6.07, 6.45) is 3.71. The molecule has 0 saturated carbocycles. The van der Waals surface area contributed by atoms with Crippen LogP contribution in [-0.4, -0.2) is 27.7 Å². The van der Waals surface area contributed by atoms with Crippen LogP contribution >= 0.6 is 0 Å². The predicted molar refractivity (Wildman–Crippen MR) is 90.0 cm³/mol. The van der Waals surface area contributed by atoms with E-state index in [0.717, 1.165) is 6.61 Å². The topological polar surface area (TPSA) is 9.23 Å². The second-order valence-corrected chi connectivity index (χ2v) is 9.99. The van der Waals surface area contributed by atoms with E-state index in [0.29, 0.717) is 5.73 Å². The van der Waals surface area contributed by atoms with E-state index in [-0.39, 0.29) is 47.9 Å². The molecule has 2 aromatic rings. The van der Waals surface area contributed by atoms with E-state index in [9.17, 15) is 0 Å². The Morgan fingerprint density at radius 3 is 1.77 bits per heavy atom. The smallest absolute Gasteiger partial charge is 0.113 e. The monoisotopic (exact) mass is 418 g/mol. The maximum absolute atomic E-state index is 6.21. The maximum Gasteiger partial charge on any atom is 0.113 e. The van der Waals surface area contributed by atoms with Crippen molar-refractivity contribution in [2.24, 2.45) is 0 Å². The Bertz CT molecular complexity index is 510. The predicted octanol–water partition coefficient (Wildman–Crippen LogP) is 1.48. The van der Waals surface area contributed by atoms with Gasteiger partial charge in [0.15, 0.2) is 0 Å². The maximum atomic E-state index is 6.21. The van der Waals surface area contributed by atoms with Crippen molar-refractivity contribution in [3.05, 3.63) is 60.7 Å². The van der Waals surface area contributed by atoms with Crippen LogP contribution < -0.4 is 10.4 Å². The van der Waals surface area contributed by atoms with Crippen LogP contribution in [0.1, 0.15) is 19.3 Å². The van der Waals surface area contributed by atoms with Crippen molar-refractivity contribution in [1.82, 2.24) is 0 Å². The molecule has 0 N–H and O–H groups in total. The summed E-state index contributed by atoms with van der Waals surface area (Å²) in [5, 5.41) is 2.97. The Morgan fingerprint density at radius 2 is 1.36 bits per heavy atom.